The van der Waals surface area contributed by atoms with Crippen molar-refractivity contribution in [2.24, 2.45) is 11.8 Å². The molecular weight excluding hydrogens is 390 g/mol. The quantitative estimate of drug-likeness (QED) is 0.709. The molecule has 4 fully saturated rings. The molecule has 3 unspecified atom stereocenters. The van der Waals surface area contributed by atoms with Crippen molar-refractivity contribution in [1.29, 1.82) is 0 Å². The van der Waals surface area contributed by atoms with E-state index in [9.17, 15) is 18.0 Å². The molecule has 29 heavy (non-hydrogen) atoms. The van der Waals surface area contributed by atoms with Gasteiger partial charge in [-0.05, 0) is 64.7 Å². The number of sulfonamides is 1. The molecule has 8 heteroatoms. The van der Waals surface area contributed by atoms with Crippen LogP contribution < -0.4 is 4.72 Å². The van der Waals surface area contributed by atoms with E-state index in [1.54, 1.807) is 0 Å². The van der Waals surface area contributed by atoms with E-state index in [0.29, 0.717) is 38.3 Å². The summed E-state index contributed by atoms with van der Waals surface area (Å²) in [6.45, 7) is 4.81. The van der Waals surface area contributed by atoms with Gasteiger partial charge in [0.25, 0.3) is 0 Å². The second-order valence-electron chi connectivity index (χ2n) is 9.84. The van der Waals surface area contributed by atoms with Crippen molar-refractivity contribution in [2.45, 2.75) is 94.9 Å². The molecule has 3 saturated carbocycles. The van der Waals surface area contributed by atoms with Gasteiger partial charge in [0.05, 0.1) is 11.2 Å². The average Bonchev–Trinajstić information content (AvgIpc) is 3.41. The normalized spacial score (nSPS) is 33.0. The fourth-order valence-electron chi connectivity index (χ4n) is 5.50. The summed E-state index contributed by atoms with van der Waals surface area (Å²) in [4.78, 5) is 29.4. The highest BCUT2D eigenvalue weighted by Crippen LogP contribution is 2.40. The monoisotopic (exact) mass is 425 g/mol. The van der Waals surface area contributed by atoms with Crippen LogP contribution in [0.3, 0.4) is 0 Å². The smallest absolute Gasteiger partial charge is 0.320 e. The number of hydrogen-bond acceptors (Lipinski definition) is 4. The largest absolute Gasteiger partial charge is 0.326 e. The Balaban J connectivity index is 1.52. The standard InChI is InChI=1S/C21H35N3O4S/c1-3-23-19(25)17-13-16(29(27,28)22-21(2)11-12-21)9-10-18(17)24(20(23)26)14-15-7-5-4-6-8-15/h15-18,22H,3-14H2,1-2H3. The number of hydrogen-bond donors (Lipinski definition) is 1. The summed E-state index contributed by atoms with van der Waals surface area (Å²) in [5, 5.41) is -0.548. The molecule has 1 aliphatic heterocycles. The number of rotatable bonds is 6. The molecule has 1 N–H and O–H groups in total. The van der Waals surface area contributed by atoms with Crippen LogP contribution in [0.1, 0.15) is 78.1 Å². The van der Waals surface area contributed by atoms with E-state index in [1.807, 2.05) is 18.7 Å². The first-order valence-corrected chi connectivity index (χ1v) is 12.9. The van der Waals surface area contributed by atoms with Crippen molar-refractivity contribution in [3.05, 3.63) is 0 Å². The maximum Gasteiger partial charge on any atom is 0.326 e. The highest BCUT2D eigenvalue weighted by atomic mass is 32.2. The Bertz CT molecular complexity index is 758. The van der Waals surface area contributed by atoms with Crippen molar-refractivity contribution < 1.29 is 18.0 Å². The second-order valence-corrected chi connectivity index (χ2v) is 11.8. The van der Waals surface area contributed by atoms with Gasteiger partial charge >= 0.3 is 6.03 Å². The first-order chi connectivity index (χ1) is 13.7. The molecule has 3 aliphatic carbocycles. The Morgan fingerprint density at radius 1 is 1.07 bits per heavy atom. The van der Waals surface area contributed by atoms with Gasteiger partial charge in [-0.2, -0.15) is 0 Å². The minimum atomic E-state index is -3.46. The summed E-state index contributed by atoms with van der Waals surface area (Å²) >= 11 is 0. The minimum Gasteiger partial charge on any atom is -0.320 e. The molecule has 164 valence electrons. The van der Waals surface area contributed by atoms with Crippen LogP contribution in [0.5, 0.6) is 0 Å². The van der Waals surface area contributed by atoms with E-state index in [0.717, 1.165) is 25.7 Å². The van der Waals surface area contributed by atoms with Crippen LogP contribution in [0, 0.1) is 11.8 Å². The van der Waals surface area contributed by atoms with Crippen molar-refractivity contribution in [2.75, 3.05) is 13.1 Å². The zero-order valence-corrected chi connectivity index (χ0v) is 18.5. The molecular formula is C21H35N3O4S. The van der Waals surface area contributed by atoms with E-state index >= 15 is 0 Å². The molecule has 0 aromatic rings. The molecule has 0 radical (unpaired) electrons. The SMILES string of the molecule is CCN1C(=O)C2CC(S(=O)(=O)NC3(C)CC3)CCC2N(CC2CCCCC2)C1=O. The lowest BCUT2D eigenvalue weighted by atomic mass is 9.79. The Kier molecular flexibility index (Phi) is 5.70. The van der Waals surface area contributed by atoms with Crippen molar-refractivity contribution in [1.82, 2.24) is 14.5 Å². The molecule has 4 rings (SSSR count). The fraction of sp³-hybridized carbons (Fsp3) is 0.905. The number of amides is 3. The first-order valence-electron chi connectivity index (χ1n) is 11.4. The first kappa shape index (κ1) is 21.1. The van der Waals surface area contributed by atoms with Gasteiger partial charge in [-0.1, -0.05) is 19.3 Å². The summed E-state index contributed by atoms with van der Waals surface area (Å²) in [7, 11) is -3.46. The number of imide groups is 1. The molecule has 3 amide bonds. The van der Waals surface area contributed by atoms with Gasteiger partial charge in [-0.15, -0.1) is 0 Å². The third-order valence-corrected chi connectivity index (χ3v) is 9.63. The summed E-state index contributed by atoms with van der Waals surface area (Å²) in [5.41, 5.74) is -0.301. The summed E-state index contributed by atoms with van der Waals surface area (Å²) in [5.74, 6) is -0.0864. The van der Waals surface area contributed by atoms with Gasteiger partial charge in [0, 0.05) is 24.7 Å². The van der Waals surface area contributed by atoms with E-state index < -0.39 is 21.2 Å². The van der Waals surface area contributed by atoms with Crippen LogP contribution in [0.2, 0.25) is 0 Å². The maximum absolute atomic E-state index is 13.1. The van der Waals surface area contributed by atoms with E-state index in [4.69, 9.17) is 0 Å². The van der Waals surface area contributed by atoms with E-state index in [1.165, 1.54) is 24.2 Å². The third kappa shape index (κ3) is 4.20. The highest BCUT2D eigenvalue weighted by molar-refractivity contribution is 7.90. The summed E-state index contributed by atoms with van der Waals surface area (Å²) < 4.78 is 28.7. The third-order valence-electron chi connectivity index (χ3n) is 7.55. The van der Waals surface area contributed by atoms with Gasteiger partial charge in [-0.25, -0.2) is 17.9 Å². The number of nitrogens with one attached hydrogen (secondary N) is 1. The molecule has 7 nitrogen and oxygen atoms in total. The average molecular weight is 426 g/mol. The zero-order valence-electron chi connectivity index (χ0n) is 17.7. The molecule has 0 spiro atoms. The Hall–Kier alpha value is -1.15. The van der Waals surface area contributed by atoms with E-state index in [-0.39, 0.29) is 23.5 Å². The van der Waals surface area contributed by atoms with Crippen LogP contribution in [-0.4, -0.2) is 60.1 Å². The number of urea groups is 1. The van der Waals surface area contributed by atoms with Crippen molar-refractivity contribution in [3.63, 3.8) is 0 Å². The maximum atomic E-state index is 13.1. The Morgan fingerprint density at radius 3 is 2.38 bits per heavy atom. The van der Waals surface area contributed by atoms with Crippen molar-refractivity contribution in [3.8, 4) is 0 Å². The zero-order chi connectivity index (χ0) is 20.8. The lowest BCUT2D eigenvalue weighted by molar-refractivity contribution is -0.140. The number of nitrogens with zero attached hydrogens (tertiary/aromatic N) is 2. The van der Waals surface area contributed by atoms with Gasteiger partial charge in [-0.3, -0.25) is 9.69 Å². The molecule has 1 heterocycles. The van der Waals surface area contributed by atoms with Gasteiger partial charge in [0.15, 0.2) is 0 Å². The Labute approximate surface area is 174 Å². The lowest BCUT2D eigenvalue weighted by Gasteiger charge is -2.49. The van der Waals surface area contributed by atoms with Crippen LogP contribution >= 0.6 is 0 Å². The number of carbonyl (C=O) groups excluding carboxylic acids is 2. The Morgan fingerprint density at radius 2 is 1.76 bits per heavy atom. The molecule has 0 aromatic heterocycles. The minimum absolute atomic E-state index is 0.150. The second kappa shape index (κ2) is 7.84. The van der Waals surface area contributed by atoms with Crippen LogP contribution in [0.4, 0.5) is 4.79 Å². The molecule has 4 aliphatic rings. The lowest BCUT2D eigenvalue weighted by Crippen LogP contribution is -2.64. The predicted molar refractivity (Wildman–Crippen MR) is 111 cm³/mol. The van der Waals surface area contributed by atoms with E-state index in [2.05, 4.69) is 4.72 Å². The van der Waals surface area contributed by atoms with Crippen LogP contribution in [0.15, 0.2) is 0 Å². The summed E-state index contributed by atoms with van der Waals surface area (Å²) in [6.07, 6.45) is 9.14. The topological polar surface area (TPSA) is 86.8 Å². The number of carbonyl (C=O) groups is 2. The van der Waals surface area contributed by atoms with Crippen molar-refractivity contribution >= 4 is 22.0 Å². The van der Waals surface area contributed by atoms with Gasteiger partial charge in [0.1, 0.15) is 0 Å². The molecule has 0 aromatic carbocycles. The fourth-order valence-corrected chi connectivity index (χ4v) is 7.46. The van der Waals surface area contributed by atoms with Crippen LogP contribution in [0.25, 0.3) is 0 Å². The molecule has 1 saturated heterocycles. The van der Waals surface area contributed by atoms with Gasteiger partial charge in [0.2, 0.25) is 15.9 Å². The summed E-state index contributed by atoms with van der Waals surface area (Å²) in [6, 6.07) is -0.322. The number of fused-ring (bicyclic) bond motifs is 1. The van der Waals surface area contributed by atoms with Gasteiger partial charge < -0.3 is 4.90 Å². The predicted octanol–water partition coefficient (Wildman–Crippen LogP) is 2.86. The molecule has 0 bridgehead atoms. The van der Waals surface area contributed by atoms with Crippen LogP contribution in [-0.2, 0) is 14.8 Å². The molecule has 3 atom stereocenters. The highest BCUT2D eigenvalue weighted by Gasteiger charge is 2.52.